The predicted molar refractivity (Wildman–Crippen MR) is 61.8 cm³/mol. The Labute approximate surface area is 101 Å². The Morgan fingerprint density at radius 3 is 2.82 bits per heavy atom. The van der Waals surface area contributed by atoms with Crippen LogP contribution < -0.4 is 4.72 Å². The molecule has 6 nitrogen and oxygen atoms in total. The summed E-state index contributed by atoms with van der Waals surface area (Å²) in [6, 6.07) is 0.00805. The van der Waals surface area contributed by atoms with Crippen LogP contribution in [0.2, 0.25) is 0 Å². The summed E-state index contributed by atoms with van der Waals surface area (Å²) in [4.78, 5) is 0.147. The third-order valence-corrected chi connectivity index (χ3v) is 4.49. The summed E-state index contributed by atoms with van der Waals surface area (Å²) in [6.07, 6.45) is 3.58. The fourth-order valence-corrected chi connectivity index (χ4v) is 2.99. The van der Waals surface area contributed by atoms with Gasteiger partial charge in [-0.25, -0.2) is 13.1 Å². The topological polar surface area (TPSA) is 84.2 Å². The van der Waals surface area contributed by atoms with E-state index >= 15 is 0 Å². The molecule has 1 unspecified atom stereocenters. The van der Waals surface area contributed by atoms with Crippen molar-refractivity contribution in [3.8, 4) is 0 Å². The highest BCUT2D eigenvalue weighted by Gasteiger charge is 2.48. The molecule has 0 aliphatic heterocycles. The molecule has 1 aliphatic rings. The lowest BCUT2D eigenvalue weighted by molar-refractivity contribution is 0.269. The molecule has 0 aromatic carbocycles. The highest BCUT2D eigenvalue weighted by Crippen LogP contribution is 2.45. The normalized spacial score (nSPS) is 22.6. The molecule has 2 rings (SSSR count). The van der Waals surface area contributed by atoms with E-state index in [0.29, 0.717) is 6.54 Å². The van der Waals surface area contributed by atoms with Crippen LogP contribution in [0.3, 0.4) is 0 Å². The van der Waals surface area contributed by atoms with Crippen LogP contribution >= 0.6 is 0 Å². The maximum atomic E-state index is 12.0. The molecule has 7 heteroatoms. The molecule has 1 heterocycles. The van der Waals surface area contributed by atoms with Crippen molar-refractivity contribution in [2.24, 2.45) is 5.41 Å². The van der Waals surface area contributed by atoms with Crippen LogP contribution in [0.25, 0.3) is 0 Å². The number of hydrogen-bond acceptors (Lipinski definition) is 4. The lowest BCUT2D eigenvalue weighted by Gasteiger charge is -2.05. The van der Waals surface area contributed by atoms with Crippen LogP contribution in [0.15, 0.2) is 17.3 Å². The number of nitrogens with zero attached hydrogens (tertiary/aromatic N) is 2. The van der Waals surface area contributed by atoms with E-state index < -0.39 is 10.0 Å². The first-order chi connectivity index (χ1) is 7.85. The molecular weight excluding hydrogens is 242 g/mol. The van der Waals surface area contributed by atoms with Crippen molar-refractivity contribution in [3.05, 3.63) is 12.4 Å². The van der Waals surface area contributed by atoms with Gasteiger partial charge in [0.2, 0.25) is 10.0 Å². The second kappa shape index (κ2) is 4.08. The lowest BCUT2D eigenvalue weighted by atomic mass is 10.2. The van der Waals surface area contributed by atoms with E-state index in [1.807, 2.05) is 13.8 Å². The molecule has 1 aromatic heterocycles. The van der Waals surface area contributed by atoms with Gasteiger partial charge in [0, 0.05) is 12.2 Å². The zero-order valence-electron chi connectivity index (χ0n) is 9.92. The van der Waals surface area contributed by atoms with Gasteiger partial charge in [-0.15, -0.1) is 0 Å². The summed E-state index contributed by atoms with van der Waals surface area (Å²) < 4.78 is 28.0. The van der Waals surface area contributed by atoms with Crippen LogP contribution in [0, 0.1) is 5.41 Å². The van der Waals surface area contributed by atoms with Gasteiger partial charge in [-0.3, -0.25) is 4.68 Å². The van der Waals surface area contributed by atoms with Crippen LogP contribution in [-0.4, -0.2) is 36.0 Å². The van der Waals surface area contributed by atoms with Gasteiger partial charge in [-0.05, 0) is 11.8 Å². The van der Waals surface area contributed by atoms with Crippen molar-refractivity contribution in [3.63, 3.8) is 0 Å². The van der Waals surface area contributed by atoms with E-state index in [0.717, 1.165) is 6.42 Å². The summed E-state index contributed by atoms with van der Waals surface area (Å²) >= 11 is 0. The van der Waals surface area contributed by atoms with Crippen molar-refractivity contribution in [2.75, 3.05) is 6.61 Å². The number of nitrogens with one attached hydrogen (secondary N) is 1. The zero-order valence-corrected chi connectivity index (χ0v) is 10.7. The van der Waals surface area contributed by atoms with Crippen molar-refractivity contribution in [1.29, 1.82) is 0 Å². The van der Waals surface area contributed by atoms with E-state index in [4.69, 9.17) is 5.11 Å². The van der Waals surface area contributed by atoms with Gasteiger partial charge >= 0.3 is 0 Å². The van der Waals surface area contributed by atoms with Gasteiger partial charge in [0.05, 0.1) is 19.3 Å². The smallest absolute Gasteiger partial charge is 0.243 e. The maximum absolute atomic E-state index is 12.0. The number of aromatic nitrogens is 2. The first kappa shape index (κ1) is 12.5. The van der Waals surface area contributed by atoms with Crippen molar-refractivity contribution < 1.29 is 13.5 Å². The Kier molecular flexibility index (Phi) is 3.01. The quantitative estimate of drug-likeness (QED) is 0.776. The first-order valence-corrected chi connectivity index (χ1v) is 6.99. The Balaban J connectivity index is 2.09. The second-order valence-corrected chi connectivity index (χ2v) is 6.74. The summed E-state index contributed by atoms with van der Waals surface area (Å²) in [5.74, 6) is 0. The lowest BCUT2D eigenvalue weighted by Crippen LogP contribution is -2.28. The highest BCUT2D eigenvalue weighted by atomic mass is 32.2. The fourth-order valence-electron chi connectivity index (χ4n) is 1.63. The summed E-state index contributed by atoms with van der Waals surface area (Å²) in [7, 11) is -3.48. The van der Waals surface area contributed by atoms with Crippen LogP contribution in [0.5, 0.6) is 0 Å². The molecule has 17 heavy (non-hydrogen) atoms. The predicted octanol–water partition coefficient (Wildman–Crippen LogP) is -0.0478. The van der Waals surface area contributed by atoms with E-state index in [1.165, 1.54) is 17.1 Å². The van der Waals surface area contributed by atoms with E-state index in [2.05, 4.69) is 9.82 Å². The maximum Gasteiger partial charge on any atom is 0.243 e. The summed E-state index contributed by atoms with van der Waals surface area (Å²) in [6.45, 7) is 4.28. The van der Waals surface area contributed by atoms with Gasteiger partial charge in [0.15, 0.2) is 0 Å². The summed E-state index contributed by atoms with van der Waals surface area (Å²) in [5.41, 5.74) is 0.0498. The average Bonchev–Trinajstić information content (AvgIpc) is 2.66. The minimum absolute atomic E-state index is 0.00805. The third kappa shape index (κ3) is 2.67. The molecular formula is C10H17N3O3S. The van der Waals surface area contributed by atoms with Gasteiger partial charge in [0.1, 0.15) is 4.90 Å². The molecule has 0 spiro atoms. The minimum Gasteiger partial charge on any atom is -0.394 e. The highest BCUT2D eigenvalue weighted by molar-refractivity contribution is 7.89. The van der Waals surface area contributed by atoms with Crippen molar-refractivity contribution in [2.45, 2.75) is 37.8 Å². The van der Waals surface area contributed by atoms with Gasteiger partial charge < -0.3 is 5.11 Å². The van der Waals surface area contributed by atoms with Crippen LogP contribution in [0.1, 0.15) is 20.3 Å². The molecule has 1 saturated carbocycles. The molecule has 0 radical (unpaired) electrons. The fraction of sp³-hybridized carbons (Fsp3) is 0.700. The Bertz CT molecular complexity index is 507. The molecule has 1 aliphatic carbocycles. The molecule has 2 N–H and O–H groups in total. The van der Waals surface area contributed by atoms with Crippen LogP contribution in [-0.2, 0) is 16.6 Å². The van der Waals surface area contributed by atoms with Gasteiger partial charge in [0.25, 0.3) is 0 Å². The number of aliphatic hydroxyl groups excluding tert-OH is 1. The Hall–Kier alpha value is -0.920. The third-order valence-electron chi connectivity index (χ3n) is 3.06. The molecule has 0 amide bonds. The van der Waals surface area contributed by atoms with E-state index in [1.54, 1.807) is 0 Å². The van der Waals surface area contributed by atoms with Crippen molar-refractivity contribution >= 4 is 10.0 Å². The molecule has 0 saturated heterocycles. The number of sulfonamides is 1. The number of rotatable bonds is 5. The molecule has 1 fully saturated rings. The largest absolute Gasteiger partial charge is 0.394 e. The Morgan fingerprint density at radius 2 is 2.29 bits per heavy atom. The molecule has 96 valence electrons. The monoisotopic (exact) mass is 259 g/mol. The zero-order chi connectivity index (χ0) is 12.7. The molecule has 0 bridgehead atoms. The SMILES string of the molecule is CC1(C)CC1NS(=O)(=O)c1cnn(CCO)c1. The summed E-state index contributed by atoms with van der Waals surface area (Å²) in [5, 5.41) is 12.6. The van der Waals surface area contributed by atoms with E-state index in [9.17, 15) is 8.42 Å². The van der Waals surface area contributed by atoms with Crippen LogP contribution in [0.4, 0.5) is 0 Å². The minimum atomic E-state index is -3.48. The Morgan fingerprint density at radius 1 is 1.65 bits per heavy atom. The first-order valence-electron chi connectivity index (χ1n) is 5.51. The molecule has 1 aromatic rings. The van der Waals surface area contributed by atoms with Gasteiger partial charge in [-0.1, -0.05) is 13.8 Å². The second-order valence-electron chi connectivity index (χ2n) is 5.03. The van der Waals surface area contributed by atoms with E-state index in [-0.39, 0.29) is 23.0 Å². The average molecular weight is 259 g/mol. The number of aliphatic hydroxyl groups is 1. The number of hydrogen-bond donors (Lipinski definition) is 2. The van der Waals surface area contributed by atoms with Crippen molar-refractivity contribution in [1.82, 2.24) is 14.5 Å². The van der Waals surface area contributed by atoms with Gasteiger partial charge in [-0.2, -0.15) is 5.10 Å². The standard InChI is InChI=1S/C10H17N3O3S/c1-10(2)5-9(10)12-17(15,16)8-6-11-13(7-8)3-4-14/h6-7,9,12,14H,3-5H2,1-2H3. The molecule has 1 atom stereocenters.